The number of ether oxygens (including phenoxy) is 3. The van der Waals surface area contributed by atoms with Gasteiger partial charge in [-0.25, -0.2) is 4.79 Å². The number of carbonyl (C=O) groups is 5. The van der Waals surface area contributed by atoms with Crippen LogP contribution in [0.1, 0.15) is 34.6 Å². The van der Waals surface area contributed by atoms with Crippen LogP contribution in [0, 0.1) is 5.92 Å². The molecule has 0 radical (unpaired) electrons. The molecule has 2 atom stereocenters. The van der Waals surface area contributed by atoms with Crippen LogP contribution in [0.4, 0.5) is 23.7 Å². The highest BCUT2D eigenvalue weighted by Gasteiger charge is 2.47. The number of nitrogens with one attached hydrogen (secondary N) is 1. The summed E-state index contributed by atoms with van der Waals surface area (Å²) < 4.78 is 56.2. The average molecular weight is 671 g/mol. The zero-order valence-electron chi connectivity index (χ0n) is 26.3. The highest BCUT2D eigenvalue weighted by atomic mass is 19.4. The van der Waals surface area contributed by atoms with Crippen molar-refractivity contribution in [1.29, 1.82) is 0 Å². The Morgan fingerprint density at radius 1 is 0.894 bits per heavy atom. The standard InChI is InChI=1S/C30H37F3N4O10/c1-17(2)25(26(42)30(31,32)33)35-24(41)13-36-22(21-9-7-6-8-10-21)11-12-23(27(36)43)37(28(34)44)29(14-45-18(3)38,15-46-19(4)39)16-47-20(5)40/h6-12,17,25-26,42H,13-16H2,1-5H3,(H2,34,44)(H,35,41). The van der Waals surface area contributed by atoms with E-state index in [0.717, 1.165) is 31.4 Å². The minimum absolute atomic E-state index is 0.0851. The molecule has 0 saturated heterocycles. The number of esters is 3. The fourth-order valence-corrected chi connectivity index (χ4v) is 4.58. The third-order valence-electron chi connectivity index (χ3n) is 6.81. The summed E-state index contributed by atoms with van der Waals surface area (Å²) in [4.78, 5) is 76.5. The van der Waals surface area contributed by atoms with Gasteiger partial charge in [0.25, 0.3) is 5.56 Å². The first-order valence-electron chi connectivity index (χ1n) is 14.1. The maximum atomic E-state index is 14.2. The zero-order valence-corrected chi connectivity index (χ0v) is 26.3. The minimum atomic E-state index is -5.06. The lowest BCUT2D eigenvalue weighted by atomic mass is 9.98. The van der Waals surface area contributed by atoms with Gasteiger partial charge >= 0.3 is 30.1 Å². The SMILES string of the molecule is CC(=O)OCC(COC(C)=O)(COC(C)=O)N(C(N)=O)c1ccc(-c2ccccc2)n(CC(=O)NC(C(C)C)C(O)C(F)(F)F)c1=O. The number of pyridine rings is 1. The van der Waals surface area contributed by atoms with E-state index in [-0.39, 0.29) is 5.69 Å². The van der Waals surface area contributed by atoms with E-state index in [9.17, 15) is 47.0 Å². The first-order valence-corrected chi connectivity index (χ1v) is 14.1. The van der Waals surface area contributed by atoms with Crippen molar-refractivity contribution in [2.24, 2.45) is 11.7 Å². The third-order valence-corrected chi connectivity index (χ3v) is 6.81. The van der Waals surface area contributed by atoms with E-state index in [2.05, 4.69) is 5.32 Å². The van der Waals surface area contributed by atoms with E-state index < -0.39 is 97.2 Å². The van der Waals surface area contributed by atoms with Crippen LogP contribution < -0.4 is 21.5 Å². The van der Waals surface area contributed by atoms with E-state index in [1.165, 1.54) is 19.9 Å². The van der Waals surface area contributed by atoms with Gasteiger partial charge in [0, 0.05) is 20.8 Å². The predicted molar refractivity (Wildman–Crippen MR) is 160 cm³/mol. The van der Waals surface area contributed by atoms with Gasteiger partial charge in [-0.2, -0.15) is 13.2 Å². The van der Waals surface area contributed by atoms with Crippen LogP contribution in [0.3, 0.4) is 0 Å². The molecule has 1 aromatic carbocycles. The molecule has 47 heavy (non-hydrogen) atoms. The Balaban J connectivity index is 2.83. The van der Waals surface area contributed by atoms with Gasteiger partial charge < -0.3 is 30.4 Å². The van der Waals surface area contributed by atoms with Crippen LogP contribution in [0.5, 0.6) is 0 Å². The topological polar surface area (TPSA) is 197 Å². The number of hydrogen-bond acceptors (Lipinski definition) is 10. The lowest BCUT2D eigenvalue weighted by molar-refractivity contribution is -0.215. The summed E-state index contributed by atoms with van der Waals surface area (Å²) in [6, 6.07) is 7.36. The van der Waals surface area contributed by atoms with Gasteiger partial charge in [-0.3, -0.25) is 33.4 Å². The van der Waals surface area contributed by atoms with E-state index in [1.54, 1.807) is 30.3 Å². The van der Waals surface area contributed by atoms with Gasteiger partial charge in [0.15, 0.2) is 11.6 Å². The second kappa shape index (κ2) is 16.1. The van der Waals surface area contributed by atoms with E-state index in [1.807, 2.05) is 0 Å². The third kappa shape index (κ3) is 10.3. The zero-order chi connectivity index (χ0) is 35.7. The number of alkyl halides is 3. The Morgan fingerprint density at radius 2 is 1.38 bits per heavy atom. The molecule has 2 unspecified atom stereocenters. The molecule has 0 saturated carbocycles. The number of hydrogen-bond donors (Lipinski definition) is 3. The number of rotatable bonds is 14. The lowest BCUT2D eigenvalue weighted by Crippen LogP contribution is -2.64. The molecule has 1 aromatic heterocycles. The number of nitrogens with zero attached hydrogens (tertiary/aromatic N) is 2. The van der Waals surface area contributed by atoms with Crippen molar-refractivity contribution in [2.45, 2.75) is 65.0 Å². The number of carbonyl (C=O) groups excluding carboxylic acids is 5. The first-order chi connectivity index (χ1) is 21.8. The molecule has 14 nitrogen and oxygen atoms in total. The Kier molecular flexibility index (Phi) is 13.1. The smallest absolute Gasteiger partial charge is 0.416 e. The number of nitrogens with two attached hydrogens (primary N) is 1. The Morgan fingerprint density at radius 3 is 1.79 bits per heavy atom. The molecule has 258 valence electrons. The number of urea groups is 1. The second-order valence-corrected chi connectivity index (χ2v) is 10.9. The molecular weight excluding hydrogens is 633 g/mol. The predicted octanol–water partition coefficient (Wildman–Crippen LogP) is 1.89. The van der Waals surface area contributed by atoms with E-state index in [0.29, 0.717) is 10.5 Å². The fraction of sp³-hybridized carbons (Fsp3) is 0.467. The number of primary amides is 1. The largest absolute Gasteiger partial charge is 0.463 e. The molecular formula is C30H37F3N4O10. The van der Waals surface area contributed by atoms with Crippen molar-refractivity contribution < 1.29 is 56.5 Å². The Bertz CT molecular complexity index is 1470. The van der Waals surface area contributed by atoms with Crippen molar-refractivity contribution in [2.75, 3.05) is 24.7 Å². The van der Waals surface area contributed by atoms with Crippen molar-refractivity contribution in [3.8, 4) is 11.3 Å². The quantitative estimate of drug-likeness (QED) is 0.197. The van der Waals surface area contributed by atoms with Crippen LogP contribution in [0.15, 0.2) is 47.3 Å². The van der Waals surface area contributed by atoms with Crippen LogP contribution in [-0.2, 0) is 39.9 Å². The second-order valence-electron chi connectivity index (χ2n) is 10.9. The fourth-order valence-electron chi connectivity index (χ4n) is 4.58. The van der Waals surface area contributed by atoms with Crippen LogP contribution in [0.25, 0.3) is 11.3 Å². The molecule has 17 heteroatoms. The highest BCUT2D eigenvalue weighted by molar-refractivity contribution is 5.93. The van der Waals surface area contributed by atoms with E-state index >= 15 is 0 Å². The van der Waals surface area contributed by atoms with Gasteiger partial charge in [0.05, 0.1) is 11.7 Å². The minimum Gasteiger partial charge on any atom is -0.463 e. The highest BCUT2D eigenvalue weighted by Crippen LogP contribution is 2.28. The summed E-state index contributed by atoms with van der Waals surface area (Å²) in [6.45, 7) is 2.49. The van der Waals surface area contributed by atoms with Crippen LogP contribution >= 0.6 is 0 Å². The monoisotopic (exact) mass is 670 g/mol. The van der Waals surface area contributed by atoms with Crippen LogP contribution in [-0.4, -0.2) is 83.2 Å². The molecule has 0 bridgehead atoms. The molecule has 0 spiro atoms. The molecule has 4 N–H and O–H groups in total. The number of aromatic nitrogens is 1. The van der Waals surface area contributed by atoms with Gasteiger partial charge in [-0.15, -0.1) is 0 Å². The molecule has 0 fully saturated rings. The number of amides is 3. The summed E-state index contributed by atoms with van der Waals surface area (Å²) in [6.07, 6.45) is -7.98. The number of aliphatic hydroxyl groups excluding tert-OH is 1. The summed E-state index contributed by atoms with van der Waals surface area (Å²) in [5.41, 5.74) is 2.43. The molecule has 0 aliphatic rings. The van der Waals surface area contributed by atoms with Gasteiger partial charge in [-0.1, -0.05) is 44.2 Å². The molecule has 3 amide bonds. The van der Waals surface area contributed by atoms with Gasteiger partial charge in [0.2, 0.25) is 5.91 Å². The summed E-state index contributed by atoms with van der Waals surface area (Å²) in [7, 11) is 0. The number of aliphatic hydroxyl groups is 1. The number of halogens is 3. The lowest BCUT2D eigenvalue weighted by Gasteiger charge is -2.40. The molecule has 0 aliphatic carbocycles. The molecule has 2 rings (SSSR count). The normalized spacial score (nSPS) is 12.9. The van der Waals surface area contributed by atoms with Crippen molar-refractivity contribution in [3.63, 3.8) is 0 Å². The summed E-state index contributed by atoms with van der Waals surface area (Å²) in [5.74, 6) is -4.57. The molecule has 1 heterocycles. The van der Waals surface area contributed by atoms with Crippen molar-refractivity contribution in [3.05, 3.63) is 52.8 Å². The van der Waals surface area contributed by atoms with Crippen molar-refractivity contribution >= 4 is 35.5 Å². The Labute approximate surface area is 267 Å². The van der Waals surface area contributed by atoms with Gasteiger partial charge in [-0.05, 0) is 23.6 Å². The Hall–Kier alpha value is -4.93. The van der Waals surface area contributed by atoms with Gasteiger partial charge in [0.1, 0.15) is 32.1 Å². The maximum absolute atomic E-state index is 14.2. The summed E-state index contributed by atoms with van der Waals surface area (Å²) in [5, 5.41) is 12.0. The van der Waals surface area contributed by atoms with Crippen LogP contribution in [0.2, 0.25) is 0 Å². The number of benzene rings is 1. The molecule has 0 aliphatic heterocycles. The van der Waals surface area contributed by atoms with Crippen molar-refractivity contribution in [1.82, 2.24) is 9.88 Å². The molecule has 2 aromatic rings. The average Bonchev–Trinajstić information content (AvgIpc) is 2.97. The van der Waals surface area contributed by atoms with E-state index in [4.69, 9.17) is 19.9 Å². The first kappa shape index (κ1) is 38.3. The summed E-state index contributed by atoms with van der Waals surface area (Å²) >= 11 is 0. The maximum Gasteiger partial charge on any atom is 0.416 e. The number of anilines is 1.